The average molecular weight is 167 g/mol. The Morgan fingerprint density at radius 3 is 0.714 bits per heavy atom. The summed E-state index contributed by atoms with van der Waals surface area (Å²) in [5, 5.41) is 0. The molecule has 0 saturated heterocycles. The summed E-state index contributed by atoms with van der Waals surface area (Å²) in [6, 6.07) is 0. The standard InChI is InChI=1S/2CHF2.Zn/c2*2-1-3;/h2*1H;/q2*-1;+2. The van der Waals surface area contributed by atoms with Gasteiger partial charge in [-0.2, -0.15) is 0 Å². The van der Waals surface area contributed by atoms with Gasteiger partial charge in [0.25, 0.3) is 0 Å². The van der Waals surface area contributed by atoms with Crippen LogP contribution in [0.1, 0.15) is 0 Å². The van der Waals surface area contributed by atoms with Crippen LogP contribution in [0.5, 0.6) is 0 Å². The Labute approximate surface area is 51.7 Å². The Hall–Kier alpha value is 0.343. The molecule has 0 amide bonds. The first kappa shape index (κ1) is 15.7. The molecule has 0 aliphatic heterocycles. The molecule has 7 heavy (non-hydrogen) atoms. The fourth-order valence-corrected chi connectivity index (χ4v) is 0. The van der Waals surface area contributed by atoms with Gasteiger partial charge in [0, 0.05) is 0 Å². The predicted octanol–water partition coefficient (Wildman–Crippen LogP) is 2.09. The van der Waals surface area contributed by atoms with Crippen molar-refractivity contribution in [3.63, 3.8) is 0 Å². The third-order valence-electron chi connectivity index (χ3n) is 0. The maximum absolute atomic E-state index is 9.50. The fourth-order valence-electron chi connectivity index (χ4n) is 0. The van der Waals surface area contributed by atoms with Crippen molar-refractivity contribution >= 4 is 0 Å². The van der Waals surface area contributed by atoms with Crippen LogP contribution in [0.4, 0.5) is 17.6 Å². The fraction of sp³-hybridized carbons (Fsp3) is 0. The first-order valence-electron chi connectivity index (χ1n) is 0.873. The molecule has 0 bridgehead atoms. The van der Waals surface area contributed by atoms with Crippen LogP contribution in [0, 0.1) is 13.9 Å². The molecule has 0 spiro atoms. The maximum atomic E-state index is 9.50. The molecule has 5 heteroatoms. The first-order chi connectivity index (χ1) is 2.83. The summed E-state index contributed by atoms with van der Waals surface area (Å²) in [6.45, 7) is -2.00. The molecular weight excluding hydrogens is 165 g/mol. The molecule has 0 aromatic heterocycles. The van der Waals surface area contributed by atoms with Crippen LogP contribution < -0.4 is 0 Å². The molecule has 0 fully saturated rings. The molecule has 0 nitrogen and oxygen atoms in total. The smallest absolute Gasteiger partial charge is 0.425 e. The Bertz CT molecular complexity index is 11.7. The van der Waals surface area contributed by atoms with Gasteiger partial charge in [-0.1, -0.05) is 0 Å². The molecule has 0 atom stereocenters. The van der Waals surface area contributed by atoms with Crippen molar-refractivity contribution in [1.82, 2.24) is 0 Å². The van der Waals surface area contributed by atoms with Gasteiger partial charge in [0.15, 0.2) is 0 Å². The largest absolute Gasteiger partial charge is 2.00 e. The van der Waals surface area contributed by atoms with Crippen LogP contribution in [-0.2, 0) is 19.5 Å². The third-order valence-corrected chi connectivity index (χ3v) is 0. The summed E-state index contributed by atoms with van der Waals surface area (Å²) in [6.07, 6.45) is 0. The molecule has 0 unspecified atom stereocenters. The molecule has 0 aromatic carbocycles. The second-order valence-corrected chi connectivity index (χ2v) is 0.165. The van der Waals surface area contributed by atoms with E-state index < -0.39 is 13.9 Å². The summed E-state index contributed by atoms with van der Waals surface area (Å²) in [4.78, 5) is 0. The van der Waals surface area contributed by atoms with E-state index in [1.165, 1.54) is 0 Å². The second kappa shape index (κ2) is 33.0. The number of hydrogen-bond acceptors (Lipinski definition) is 0. The molecular formula is C2H2F4Zn. The van der Waals surface area contributed by atoms with Gasteiger partial charge in [-0.05, 0) is 13.9 Å². The van der Waals surface area contributed by atoms with Crippen LogP contribution in [0.2, 0.25) is 0 Å². The minimum atomic E-state index is -1.00. The van der Waals surface area contributed by atoms with Crippen LogP contribution in [0.15, 0.2) is 0 Å². The summed E-state index contributed by atoms with van der Waals surface area (Å²) in [7, 11) is 0. The zero-order chi connectivity index (χ0) is 5.41. The SMILES string of the molecule is F[CH-]F.F[CH-]F.[Zn+2]. The molecule has 0 aliphatic carbocycles. The van der Waals surface area contributed by atoms with E-state index in [-0.39, 0.29) is 19.5 Å². The molecule has 0 aromatic rings. The summed E-state index contributed by atoms with van der Waals surface area (Å²) in [5.74, 6) is 0. The van der Waals surface area contributed by atoms with Gasteiger partial charge in [-0.25, -0.2) is 0 Å². The zero-order valence-corrected chi connectivity index (χ0v) is 6.34. The zero-order valence-electron chi connectivity index (χ0n) is 3.37. The van der Waals surface area contributed by atoms with Crippen molar-refractivity contribution in [2.24, 2.45) is 0 Å². The molecule has 0 N–H and O–H groups in total. The minimum absolute atomic E-state index is 0. The van der Waals surface area contributed by atoms with Gasteiger partial charge >= 0.3 is 19.5 Å². The van der Waals surface area contributed by atoms with Crippen molar-refractivity contribution < 1.29 is 37.0 Å². The monoisotopic (exact) mass is 166 g/mol. The third kappa shape index (κ3) is 1010. The van der Waals surface area contributed by atoms with Gasteiger partial charge < -0.3 is 17.6 Å². The van der Waals surface area contributed by atoms with E-state index in [0.29, 0.717) is 0 Å². The van der Waals surface area contributed by atoms with Crippen LogP contribution in [0.25, 0.3) is 0 Å². The van der Waals surface area contributed by atoms with E-state index in [1.54, 1.807) is 0 Å². The second-order valence-electron chi connectivity index (χ2n) is 0.165. The van der Waals surface area contributed by atoms with Gasteiger partial charge in [0.05, 0.1) is 0 Å². The molecule has 0 aliphatic rings. The van der Waals surface area contributed by atoms with E-state index in [1.807, 2.05) is 0 Å². The normalized spacial score (nSPS) is 5.14. The number of rotatable bonds is 0. The predicted molar refractivity (Wildman–Crippen MR) is 13.0 cm³/mol. The number of halogens is 4. The molecule has 0 radical (unpaired) electrons. The van der Waals surface area contributed by atoms with E-state index in [0.717, 1.165) is 0 Å². The van der Waals surface area contributed by atoms with Crippen LogP contribution >= 0.6 is 0 Å². The minimum Gasteiger partial charge on any atom is -0.425 e. The topological polar surface area (TPSA) is 0 Å². The molecule has 0 saturated carbocycles. The van der Waals surface area contributed by atoms with Gasteiger partial charge in [0.1, 0.15) is 0 Å². The first-order valence-corrected chi connectivity index (χ1v) is 0.873. The van der Waals surface area contributed by atoms with Gasteiger partial charge in [0.2, 0.25) is 0 Å². The maximum Gasteiger partial charge on any atom is 2.00 e. The summed E-state index contributed by atoms with van der Waals surface area (Å²) < 4.78 is 38.0. The van der Waals surface area contributed by atoms with Crippen molar-refractivity contribution in [3.8, 4) is 0 Å². The molecule has 0 heterocycles. The van der Waals surface area contributed by atoms with E-state index in [2.05, 4.69) is 0 Å². The van der Waals surface area contributed by atoms with Crippen LogP contribution in [-0.4, -0.2) is 0 Å². The van der Waals surface area contributed by atoms with Crippen LogP contribution in [0.3, 0.4) is 0 Å². The van der Waals surface area contributed by atoms with Crippen molar-refractivity contribution in [2.75, 3.05) is 0 Å². The Kier molecular flexibility index (Phi) is 73.8. The average Bonchev–Trinajstić information content (AvgIpc) is 1.39. The van der Waals surface area contributed by atoms with E-state index in [4.69, 9.17) is 0 Å². The van der Waals surface area contributed by atoms with Crippen molar-refractivity contribution in [3.05, 3.63) is 13.9 Å². The Morgan fingerprint density at radius 1 is 0.714 bits per heavy atom. The van der Waals surface area contributed by atoms with Gasteiger partial charge in [-0.15, -0.1) is 0 Å². The van der Waals surface area contributed by atoms with Crippen molar-refractivity contribution in [2.45, 2.75) is 0 Å². The summed E-state index contributed by atoms with van der Waals surface area (Å²) in [5.41, 5.74) is 0. The Balaban J connectivity index is -0.0000000400. The van der Waals surface area contributed by atoms with Crippen molar-refractivity contribution in [1.29, 1.82) is 0 Å². The molecule has 0 rings (SSSR count). The number of hydrogen-bond donors (Lipinski definition) is 0. The quantitative estimate of drug-likeness (QED) is 0.294. The summed E-state index contributed by atoms with van der Waals surface area (Å²) >= 11 is 0. The van der Waals surface area contributed by atoms with E-state index in [9.17, 15) is 17.6 Å². The van der Waals surface area contributed by atoms with Gasteiger partial charge in [-0.3, -0.25) is 0 Å². The van der Waals surface area contributed by atoms with E-state index >= 15 is 0 Å². The molecule has 40 valence electrons. The Morgan fingerprint density at radius 2 is 0.714 bits per heavy atom.